The summed E-state index contributed by atoms with van der Waals surface area (Å²) in [5.74, 6) is -0.247. The molecule has 2 rings (SSSR count). The highest BCUT2D eigenvalue weighted by Crippen LogP contribution is 2.20. The van der Waals surface area contributed by atoms with Crippen LogP contribution in [-0.4, -0.2) is 17.6 Å². The van der Waals surface area contributed by atoms with Gasteiger partial charge < -0.3 is 10.6 Å². The summed E-state index contributed by atoms with van der Waals surface area (Å²) in [5.41, 5.74) is 3.48. The van der Waals surface area contributed by atoms with E-state index in [1.54, 1.807) is 12.3 Å². The second-order valence-electron chi connectivity index (χ2n) is 5.05. The van der Waals surface area contributed by atoms with E-state index in [2.05, 4.69) is 31.5 Å². The number of hydrogen-bond acceptors (Lipinski definition) is 2. The van der Waals surface area contributed by atoms with Crippen LogP contribution >= 0.6 is 15.9 Å². The van der Waals surface area contributed by atoms with Gasteiger partial charge in [-0.3, -0.25) is 0 Å². The summed E-state index contributed by atoms with van der Waals surface area (Å²) >= 11 is 3.29. The van der Waals surface area contributed by atoms with Gasteiger partial charge in [-0.25, -0.2) is 14.2 Å². The van der Waals surface area contributed by atoms with Gasteiger partial charge in [-0.15, -0.1) is 0 Å². The van der Waals surface area contributed by atoms with E-state index in [0.717, 1.165) is 16.7 Å². The Balaban J connectivity index is 1.86. The minimum Gasteiger partial charge on any atom is -0.338 e. The van der Waals surface area contributed by atoms with Crippen molar-refractivity contribution < 1.29 is 9.18 Å². The van der Waals surface area contributed by atoms with E-state index in [0.29, 0.717) is 23.3 Å². The van der Waals surface area contributed by atoms with Gasteiger partial charge in [0.15, 0.2) is 0 Å². The van der Waals surface area contributed by atoms with Crippen molar-refractivity contribution in [3.8, 4) is 0 Å². The van der Waals surface area contributed by atoms with Gasteiger partial charge in [0, 0.05) is 12.7 Å². The molecule has 0 saturated carbocycles. The number of pyridine rings is 1. The first-order chi connectivity index (χ1) is 10.5. The molecule has 2 N–H and O–H groups in total. The summed E-state index contributed by atoms with van der Waals surface area (Å²) in [6, 6.07) is 6.20. The van der Waals surface area contributed by atoms with Gasteiger partial charge in [-0.1, -0.05) is 6.07 Å². The van der Waals surface area contributed by atoms with Crippen LogP contribution in [0.25, 0.3) is 0 Å². The number of halogens is 2. The van der Waals surface area contributed by atoms with Crippen LogP contribution in [0.2, 0.25) is 0 Å². The van der Waals surface area contributed by atoms with E-state index < -0.39 is 0 Å². The minimum atomic E-state index is -0.298. The number of aryl methyl sites for hydroxylation is 2. The molecule has 1 aromatic heterocycles. The van der Waals surface area contributed by atoms with Crippen molar-refractivity contribution in [1.29, 1.82) is 0 Å². The number of urea groups is 1. The number of nitrogens with zero attached hydrogens (tertiary/aromatic N) is 1. The molecule has 0 radical (unpaired) electrons. The monoisotopic (exact) mass is 365 g/mol. The molecule has 0 atom stereocenters. The maximum atomic E-state index is 13.0. The maximum Gasteiger partial charge on any atom is 0.319 e. The normalized spacial score (nSPS) is 10.4. The average molecular weight is 366 g/mol. The topological polar surface area (TPSA) is 54.0 Å². The predicted octanol–water partition coefficient (Wildman–Crippen LogP) is 3.96. The van der Waals surface area contributed by atoms with Crippen LogP contribution in [0.4, 0.5) is 14.9 Å². The maximum absolute atomic E-state index is 13.0. The molecule has 116 valence electrons. The smallest absolute Gasteiger partial charge is 0.319 e. The van der Waals surface area contributed by atoms with Crippen LogP contribution in [0.1, 0.15) is 16.7 Å². The molecule has 0 bridgehead atoms. The molecule has 2 aromatic rings. The first-order valence-electron chi connectivity index (χ1n) is 6.88. The average Bonchev–Trinajstić information content (AvgIpc) is 2.45. The van der Waals surface area contributed by atoms with Crippen molar-refractivity contribution in [2.75, 3.05) is 11.9 Å². The molecule has 1 heterocycles. The van der Waals surface area contributed by atoms with E-state index in [1.165, 1.54) is 12.1 Å². The molecule has 2 amide bonds. The Morgan fingerprint density at radius 1 is 1.32 bits per heavy atom. The second-order valence-corrected chi connectivity index (χ2v) is 5.80. The number of rotatable bonds is 4. The van der Waals surface area contributed by atoms with Crippen LogP contribution in [-0.2, 0) is 6.42 Å². The Bertz CT molecular complexity index is 691. The van der Waals surface area contributed by atoms with Gasteiger partial charge in [-0.2, -0.15) is 0 Å². The Hall–Kier alpha value is -1.95. The van der Waals surface area contributed by atoms with Crippen LogP contribution in [0, 0.1) is 19.7 Å². The zero-order valence-electron chi connectivity index (χ0n) is 12.4. The molecule has 0 spiro atoms. The third kappa shape index (κ3) is 4.53. The quantitative estimate of drug-likeness (QED) is 0.805. The van der Waals surface area contributed by atoms with Gasteiger partial charge in [0.2, 0.25) is 0 Å². The van der Waals surface area contributed by atoms with E-state index >= 15 is 0 Å². The molecule has 0 aliphatic carbocycles. The fourth-order valence-electron chi connectivity index (χ4n) is 2.06. The number of nitrogens with one attached hydrogen (secondary N) is 2. The SMILES string of the molecule is Cc1cnc(Br)c(NC(=O)NCCc2ccc(F)cc2C)c1. The highest BCUT2D eigenvalue weighted by atomic mass is 79.9. The molecule has 1 aromatic carbocycles. The lowest BCUT2D eigenvalue weighted by atomic mass is 10.1. The number of carbonyl (C=O) groups excluding carboxylic acids is 1. The molecule has 22 heavy (non-hydrogen) atoms. The van der Waals surface area contributed by atoms with Crippen molar-refractivity contribution in [3.05, 3.63) is 57.6 Å². The van der Waals surface area contributed by atoms with Crippen LogP contribution in [0.3, 0.4) is 0 Å². The van der Waals surface area contributed by atoms with Gasteiger partial charge >= 0.3 is 6.03 Å². The van der Waals surface area contributed by atoms with Gasteiger partial charge in [0.05, 0.1) is 5.69 Å². The zero-order chi connectivity index (χ0) is 16.1. The number of hydrogen-bond donors (Lipinski definition) is 2. The van der Waals surface area contributed by atoms with Crippen molar-refractivity contribution in [2.45, 2.75) is 20.3 Å². The summed E-state index contributed by atoms with van der Waals surface area (Å²) in [4.78, 5) is 16.0. The summed E-state index contributed by atoms with van der Waals surface area (Å²) in [5, 5.41) is 5.52. The van der Waals surface area contributed by atoms with Crippen molar-refractivity contribution in [1.82, 2.24) is 10.3 Å². The van der Waals surface area contributed by atoms with Gasteiger partial charge in [-0.05, 0) is 71.1 Å². The molecule has 0 unspecified atom stereocenters. The lowest BCUT2D eigenvalue weighted by Gasteiger charge is -2.10. The highest BCUT2D eigenvalue weighted by molar-refractivity contribution is 9.10. The lowest BCUT2D eigenvalue weighted by Crippen LogP contribution is -2.30. The fourth-order valence-corrected chi connectivity index (χ4v) is 2.37. The van der Waals surface area contributed by atoms with Gasteiger partial charge in [0.1, 0.15) is 10.4 Å². The number of aromatic nitrogens is 1. The van der Waals surface area contributed by atoms with E-state index in [1.807, 2.05) is 19.9 Å². The minimum absolute atomic E-state index is 0.247. The highest BCUT2D eigenvalue weighted by Gasteiger charge is 2.07. The third-order valence-electron chi connectivity index (χ3n) is 3.21. The number of anilines is 1. The third-order valence-corrected chi connectivity index (χ3v) is 3.84. The van der Waals surface area contributed by atoms with Crippen molar-refractivity contribution >= 4 is 27.6 Å². The van der Waals surface area contributed by atoms with E-state index in [4.69, 9.17) is 0 Å². The van der Waals surface area contributed by atoms with Crippen LogP contribution in [0.15, 0.2) is 35.1 Å². The fraction of sp³-hybridized carbons (Fsp3) is 0.250. The molecule has 0 saturated heterocycles. The van der Waals surface area contributed by atoms with Crippen molar-refractivity contribution in [2.24, 2.45) is 0 Å². The molecule has 0 fully saturated rings. The Morgan fingerprint density at radius 3 is 2.82 bits per heavy atom. The molecule has 4 nitrogen and oxygen atoms in total. The predicted molar refractivity (Wildman–Crippen MR) is 88.5 cm³/mol. The van der Waals surface area contributed by atoms with E-state index in [-0.39, 0.29) is 11.8 Å². The Labute approximate surface area is 137 Å². The number of carbonyl (C=O) groups is 1. The number of amides is 2. The summed E-state index contributed by atoms with van der Waals surface area (Å²) in [6.07, 6.45) is 2.36. The standard InChI is InChI=1S/C16H17BrFN3O/c1-10-7-14(15(17)20-9-10)21-16(22)19-6-5-12-3-4-13(18)8-11(12)2/h3-4,7-9H,5-6H2,1-2H3,(H2,19,21,22). The molecular formula is C16H17BrFN3O. The van der Waals surface area contributed by atoms with Crippen LogP contribution in [0.5, 0.6) is 0 Å². The summed E-state index contributed by atoms with van der Waals surface area (Å²) in [6.45, 7) is 4.23. The van der Waals surface area contributed by atoms with Crippen LogP contribution < -0.4 is 10.6 Å². The van der Waals surface area contributed by atoms with Gasteiger partial charge in [0.25, 0.3) is 0 Å². The van der Waals surface area contributed by atoms with E-state index in [9.17, 15) is 9.18 Å². The first kappa shape index (κ1) is 16.4. The first-order valence-corrected chi connectivity index (χ1v) is 7.67. The summed E-state index contributed by atoms with van der Waals surface area (Å²) in [7, 11) is 0. The van der Waals surface area contributed by atoms with Crippen molar-refractivity contribution in [3.63, 3.8) is 0 Å². The molecule has 6 heteroatoms. The molecule has 0 aliphatic heterocycles. The Morgan fingerprint density at radius 2 is 2.09 bits per heavy atom. The second kappa shape index (κ2) is 7.35. The largest absolute Gasteiger partial charge is 0.338 e. The molecule has 0 aliphatic rings. The lowest BCUT2D eigenvalue weighted by molar-refractivity contribution is 0.252. The summed E-state index contributed by atoms with van der Waals surface area (Å²) < 4.78 is 13.6. The zero-order valence-corrected chi connectivity index (χ0v) is 14.0. The Kier molecular flexibility index (Phi) is 5.49. The molecular weight excluding hydrogens is 349 g/mol. The number of benzene rings is 1.